The van der Waals surface area contributed by atoms with E-state index in [1.54, 1.807) is 24.3 Å². The molecular formula is C22H21ClFNO5S. The van der Waals surface area contributed by atoms with Gasteiger partial charge in [-0.15, -0.1) is 11.3 Å². The Hall–Kier alpha value is -1.91. The van der Waals surface area contributed by atoms with Gasteiger partial charge in [0, 0.05) is 33.0 Å². The number of hydrogen-bond donors (Lipinski definition) is 4. The minimum Gasteiger partial charge on any atom is -0.394 e. The molecule has 4 rings (SSSR count). The third-order valence-corrected chi connectivity index (χ3v) is 6.83. The van der Waals surface area contributed by atoms with Crippen LogP contribution >= 0.6 is 22.9 Å². The average molecular weight is 466 g/mol. The average Bonchev–Trinajstić information content (AvgIpc) is 3.23. The summed E-state index contributed by atoms with van der Waals surface area (Å²) in [5.74, 6) is -0.530. The molecule has 1 aromatic carbocycles. The number of aromatic nitrogens is 1. The van der Waals surface area contributed by atoms with E-state index in [0.717, 1.165) is 20.9 Å². The van der Waals surface area contributed by atoms with Crippen molar-refractivity contribution in [2.75, 3.05) is 6.61 Å². The number of ether oxygens (including phenoxy) is 1. The lowest BCUT2D eigenvalue weighted by molar-refractivity contribution is -0.231. The fourth-order valence-electron chi connectivity index (χ4n) is 3.62. The second-order valence-electron chi connectivity index (χ2n) is 7.41. The van der Waals surface area contributed by atoms with E-state index >= 15 is 0 Å². The fourth-order valence-corrected chi connectivity index (χ4v) is 4.83. The molecule has 0 bridgehead atoms. The zero-order chi connectivity index (χ0) is 22.1. The molecule has 0 amide bonds. The molecule has 6 nitrogen and oxygen atoms in total. The quantitative estimate of drug-likeness (QED) is 0.432. The molecule has 31 heavy (non-hydrogen) atoms. The number of pyridine rings is 1. The van der Waals surface area contributed by atoms with Gasteiger partial charge < -0.3 is 25.2 Å². The minimum absolute atomic E-state index is 0.488. The zero-order valence-electron chi connectivity index (χ0n) is 16.2. The van der Waals surface area contributed by atoms with Crippen molar-refractivity contribution in [2.24, 2.45) is 0 Å². The van der Waals surface area contributed by atoms with Gasteiger partial charge in [0.1, 0.15) is 30.5 Å². The van der Waals surface area contributed by atoms with Gasteiger partial charge in [-0.25, -0.2) is 4.98 Å². The molecule has 2 aromatic heterocycles. The van der Waals surface area contributed by atoms with Crippen LogP contribution in [0.4, 0.5) is 4.39 Å². The molecule has 164 valence electrons. The summed E-state index contributed by atoms with van der Waals surface area (Å²) in [5.41, 5.74) is 2.19. The maximum atomic E-state index is 13.1. The lowest BCUT2D eigenvalue weighted by atomic mass is 9.90. The van der Waals surface area contributed by atoms with Crippen LogP contribution in [0.3, 0.4) is 0 Å². The van der Waals surface area contributed by atoms with Gasteiger partial charge >= 0.3 is 0 Å². The molecule has 5 atom stereocenters. The van der Waals surface area contributed by atoms with Crippen molar-refractivity contribution >= 4 is 22.9 Å². The minimum atomic E-state index is -1.45. The lowest BCUT2D eigenvalue weighted by Gasteiger charge is -2.40. The number of aliphatic hydroxyl groups is 4. The first-order valence-electron chi connectivity index (χ1n) is 9.67. The summed E-state index contributed by atoms with van der Waals surface area (Å²) < 4.78 is 18.7. The van der Waals surface area contributed by atoms with Crippen molar-refractivity contribution < 1.29 is 29.6 Å². The molecule has 1 aliphatic rings. The second-order valence-corrected chi connectivity index (χ2v) is 8.99. The second kappa shape index (κ2) is 9.30. The molecule has 3 aromatic rings. The van der Waals surface area contributed by atoms with Gasteiger partial charge in [0.2, 0.25) is 5.95 Å². The Labute approximate surface area is 187 Å². The molecule has 0 radical (unpaired) electrons. The highest BCUT2D eigenvalue weighted by Gasteiger charge is 2.44. The highest BCUT2D eigenvalue weighted by molar-refractivity contribution is 7.15. The van der Waals surface area contributed by atoms with E-state index < -0.39 is 43.1 Å². The number of halogens is 2. The highest BCUT2D eigenvalue weighted by atomic mass is 35.5. The molecule has 2 unspecified atom stereocenters. The van der Waals surface area contributed by atoms with Gasteiger partial charge in [-0.3, -0.25) is 0 Å². The van der Waals surface area contributed by atoms with Crippen LogP contribution in [0.25, 0.3) is 10.4 Å². The van der Waals surface area contributed by atoms with E-state index in [-0.39, 0.29) is 0 Å². The molecular weight excluding hydrogens is 445 g/mol. The number of rotatable bonds is 5. The van der Waals surface area contributed by atoms with Crippen LogP contribution < -0.4 is 0 Å². The number of hydrogen-bond acceptors (Lipinski definition) is 7. The molecule has 4 N–H and O–H groups in total. The molecule has 0 saturated carbocycles. The van der Waals surface area contributed by atoms with Crippen molar-refractivity contribution in [3.8, 4) is 10.4 Å². The van der Waals surface area contributed by atoms with Crippen LogP contribution in [-0.4, -0.2) is 56.4 Å². The van der Waals surface area contributed by atoms with Crippen LogP contribution in [0.15, 0.2) is 48.7 Å². The first-order valence-corrected chi connectivity index (χ1v) is 10.9. The van der Waals surface area contributed by atoms with E-state index in [4.69, 9.17) is 16.3 Å². The molecule has 1 fully saturated rings. The standard InChI is InChI=1S/C22H21ClFNO5S/c23-15-4-1-11(22-21(29)20(28)19(27)16(10-26)30-22)7-13(15)8-14-3-5-17(31-14)12-2-6-18(24)25-9-12/h1-7,9,16,19-22,26-29H,8,10H2/t16-,19+,20?,21+,22?/m0/s1. The van der Waals surface area contributed by atoms with E-state index in [1.165, 1.54) is 23.6 Å². The molecule has 0 aliphatic carbocycles. The summed E-state index contributed by atoms with van der Waals surface area (Å²) in [6, 6.07) is 12.0. The predicted octanol–water partition coefficient (Wildman–Crippen LogP) is 2.71. The fraction of sp³-hybridized carbons (Fsp3) is 0.318. The van der Waals surface area contributed by atoms with Gasteiger partial charge in [0.15, 0.2) is 0 Å². The van der Waals surface area contributed by atoms with Crippen LogP contribution in [0.1, 0.15) is 22.1 Å². The smallest absolute Gasteiger partial charge is 0.212 e. The summed E-state index contributed by atoms with van der Waals surface area (Å²) in [7, 11) is 0. The number of thiophene rings is 1. The molecule has 1 saturated heterocycles. The van der Waals surface area contributed by atoms with Crippen molar-refractivity contribution in [1.29, 1.82) is 0 Å². The number of aliphatic hydroxyl groups excluding tert-OH is 4. The van der Waals surface area contributed by atoms with Crippen molar-refractivity contribution in [3.63, 3.8) is 0 Å². The Bertz CT molecular complexity index is 1040. The van der Waals surface area contributed by atoms with Crippen molar-refractivity contribution in [2.45, 2.75) is 36.9 Å². The summed E-state index contributed by atoms with van der Waals surface area (Å²) in [6.07, 6.45) is -4.11. The van der Waals surface area contributed by atoms with Crippen molar-refractivity contribution in [1.82, 2.24) is 4.98 Å². The molecule has 3 heterocycles. The van der Waals surface area contributed by atoms with Gasteiger partial charge in [0.25, 0.3) is 0 Å². The topological polar surface area (TPSA) is 103 Å². The maximum Gasteiger partial charge on any atom is 0.212 e. The highest BCUT2D eigenvalue weighted by Crippen LogP contribution is 2.35. The Balaban J connectivity index is 1.57. The maximum absolute atomic E-state index is 13.1. The first kappa shape index (κ1) is 22.3. The van der Waals surface area contributed by atoms with Gasteiger partial charge in [0.05, 0.1) is 6.61 Å². The zero-order valence-corrected chi connectivity index (χ0v) is 17.8. The van der Waals surface area contributed by atoms with Gasteiger partial charge in [-0.1, -0.05) is 23.7 Å². The number of nitrogens with zero attached hydrogens (tertiary/aromatic N) is 1. The van der Waals surface area contributed by atoms with E-state index in [2.05, 4.69) is 4.98 Å². The van der Waals surface area contributed by atoms with Crippen LogP contribution in [-0.2, 0) is 11.2 Å². The van der Waals surface area contributed by atoms with Crippen LogP contribution in [0.5, 0.6) is 0 Å². The summed E-state index contributed by atoms with van der Waals surface area (Å²) >= 11 is 7.92. The normalized spacial score (nSPS) is 26.2. The van der Waals surface area contributed by atoms with E-state index in [0.29, 0.717) is 17.0 Å². The predicted molar refractivity (Wildman–Crippen MR) is 114 cm³/mol. The summed E-state index contributed by atoms with van der Waals surface area (Å²) in [6.45, 7) is -0.488. The Kier molecular flexibility index (Phi) is 6.68. The Morgan fingerprint density at radius 2 is 1.84 bits per heavy atom. The summed E-state index contributed by atoms with van der Waals surface area (Å²) in [5, 5.41) is 40.4. The van der Waals surface area contributed by atoms with Gasteiger partial charge in [-0.05, 0) is 41.5 Å². The van der Waals surface area contributed by atoms with E-state index in [9.17, 15) is 24.8 Å². The monoisotopic (exact) mass is 465 g/mol. The third-order valence-electron chi connectivity index (χ3n) is 5.33. The SMILES string of the molecule is OC[C@@H]1OC(c2ccc(Cl)c(Cc3ccc(-c4ccc(F)nc4)s3)c2)[C@H](O)C(O)[C@@H]1O. The first-order chi connectivity index (χ1) is 14.9. The Morgan fingerprint density at radius 3 is 2.55 bits per heavy atom. The van der Waals surface area contributed by atoms with Crippen LogP contribution in [0, 0.1) is 5.95 Å². The largest absolute Gasteiger partial charge is 0.394 e. The van der Waals surface area contributed by atoms with E-state index in [1.807, 2.05) is 12.1 Å². The lowest BCUT2D eigenvalue weighted by Crippen LogP contribution is -2.55. The van der Waals surface area contributed by atoms with Crippen molar-refractivity contribution in [3.05, 3.63) is 75.6 Å². The van der Waals surface area contributed by atoms with Crippen LogP contribution in [0.2, 0.25) is 5.02 Å². The molecule has 1 aliphatic heterocycles. The van der Waals surface area contributed by atoms with Gasteiger partial charge in [-0.2, -0.15) is 4.39 Å². The molecule has 0 spiro atoms. The number of benzene rings is 1. The Morgan fingerprint density at radius 1 is 1.03 bits per heavy atom. The third kappa shape index (κ3) is 4.65. The molecule has 9 heteroatoms. The summed E-state index contributed by atoms with van der Waals surface area (Å²) in [4.78, 5) is 5.65.